The maximum absolute atomic E-state index is 10.3. The van der Waals surface area contributed by atoms with Crippen molar-refractivity contribution in [1.82, 2.24) is 0 Å². The summed E-state index contributed by atoms with van der Waals surface area (Å²) in [6.45, 7) is 4.90. The summed E-state index contributed by atoms with van der Waals surface area (Å²) < 4.78 is 11.2. The summed E-state index contributed by atoms with van der Waals surface area (Å²) in [6.07, 6.45) is 3.14. The Balaban J connectivity index is 1.90. The fourth-order valence-corrected chi connectivity index (χ4v) is 3.27. The van der Waals surface area contributed by atoms with E-state index in [2.05, 4.69) is 13.8 Å². The van der Waals surface area contributed by atoms with Crippen molar-refractivity contribution in [1.29, 1.82) is 0 Å². The van der Waals surface area contributed by atoms with Crippen molar-refractivity contribution in [2.45, 2.75) is 45.3 Å². The first-order valence-electron chi connectivity index (χ1n) is 7.52. The summed E-state index contributed by atoms with van der Waals surface area (Å²) in [6, 6.07) is 7.56. The maximum Gasteiger partial charge on any atom is 0.124 e. The van der Waals surface area contributed by atoms with Gasteiger partial charge in [-0.1, -0.05) is 32.0 Å². The minimum absolute atomic E-state index is 0.276. The molecule has 1 aromatic rings. The standard InChI is InChI=1S/C17H26O3/c1-12-8-13(2)10-14(9-12)20-11-16(18)15-6-4-5-7-17(15)19-3/h4-7,12-14,16,18H,8-11H2,1-3H3. The van der Waals surface area contributed by atoms with Crippen molar-refractivity contribution < 1.29 is 14.6 Å². The van der Waals surface area contributed by atoms with Gasteiger partial charge in [-0.05, 0) is 37.2 Å². The third kappa shape index (κ3) is 3.97. The predicted octanol–water partition coefficient (Wildman–Crippen LogP) is 3.57. The molecule has 1 saturated carbocycles. The molecule has 1 aromatic carbocycles. The molecular formula is C17H26O3. The van der Waals surface area contributed by atoms with E-state index in [1.165, 1.54) is 6.42 Å². The maximum atomic E-state index is 10.3. The summed E-state index contributed by atoms with van der Waals surface area (Å²) in [7, 11) is 1.62. The number of ether oxygens (including phenoxy) is 2. The second kappa shape index (κ2) is 7.09. The fourth-order valence-electron chi connectivity index (χ4n) is 3.27. The Hall–Kier alpha value is -1.06. The Morgan fingerprint density at radius 2 is 1.80 bits per heavy atom. The Kier molecular flexibility index (Phi) is 5.44. The van der Waals surface area contributed by atoms with Gasteiger partial charge in [-0.15, -0.1) is 0 Å². The molecular weight excluding hydrogens is 252 g/mol. The zero-order valence-electron chi connectivity index (χ0n) is 12.7. The highest BCUT2D eigenvalue weighted by Gasteiger charge is 2.25. The minimum Gasteiger partial charge on any atom is -0.496 e. The molecule has 20 heavy (non-hydrogen) atoms. The van der Waals surface area contributed by atoms with Crippen molar-refractivity contribution in [3.8, 4) is 5.75 Å². The highest BCUT2D eigenvalue weighted by Crippen LogP contribution is 2.31. The van der Waals surface area contributed by atoms with Gasteiger partial charge in [0.15, 0.2) is 0 Å². The Morgan fingerprint density at radius 3 is 2.45 bits per heavy atom. The largest absolute Gasteiger partial charge is 0.496 e. The number of para-hydroxylation sites is 1. The topological polar surface area (TPSA) is 38.7 Å². The van der Waals surface area contributed by atoms with Gasteiger partial charge in [0.05, 0.1) is 19.8 Å². The second-order valence-corrected chi connectivity index (χ2v) is 6.13. The van der Waals surface area contributed by atoms with E-state index in [1.54, 1.807) is 7.11 Å². The van der Waals surface area contributed by atoms with Crippen LogP contribution in [0.25, 0.3) is 0 Å². The van der Waals surface area contributed by atoms with Crippen LogP contribution in [0.5, 0.6) is 5.75 Å². The van der Waals surface area contributed by atoms with Crippen molar-refractivity contribution in [2.24, 2.45) is 11.8 Å². The molecule has 0 heterocycles. The van der Waals surface area contributed by atoms with Crippen molar-refractivity contribution in [3.63, 3.8) is 0 Å². The number of hydrogen-bond acceptors (Lipinski definition) is 3. The molecule has 3 nitrogen and oxygen atoms in total. The summed E-state index contributed by atoms with van der Waals surface area (Å²) >= 11 is 0. The smallest absolute Gasteiger partial charge is 0.124 e. The van der Waals surface area contributed by atoms with Gasteiger partial charge in [0.2, 0.25) is 0 Å². The first-order chi connectivity index (χ1) is 9.60. The van der Waals surface area contributed by atoms with Crippen LogP contribution in [-0.2, 0) is 4.74 Å². The van der Waals surface area contributed by atoms with Crippen LogP contribution < -0.4 is 4.74 Å². The normalized spacial score (nSPS) is 28.1. The SMILES string of the molecule is COc1ccccc1C(O)COC1CC(C)CC(C)C1. The molecule has 2 rings (SSSR count). The lowest BCUT2D eigenvalue weighted by molar-refractivity contribution is -0.0416. The first-order valence-corrected chi connectivity index (χ1v) is 7.52. The van der Waals surface area contributed by atoms with Gasteiger partial charge in [-0.3, -0.25) is 0 Å². The molecule has 1 aliphatic rings. The average Bonchev–Trinajstić information content (AvgIpc) is 2.43. The van der Waals surface area contributed by atoms with E-state index in [4.69, 9.17) is 9.47 Å². The predicted molar refractivity (Wildman–Crippen MR) is 79.9 cm³/mol. The van der Waals surface area contributed by atoms with Crippen LogP contribution in [0.3, 0.4) is 0 Å². The van der Waals surface area contributed by atoms with Crippen molar-refractivity contribution in [3.05, 3.63) is 29.8 Å². The van der Waals surface area contributed by atoms with Crippen molar-refractivity contribution in [2.75, 3.05) is 13.7 Å². The molecule has 0 radical (unpaired) electrons. The number of methoxy groups -OCH3 is 1. The van der Waals surface area contributed by atoms with Gasteiger partial charge >= 0.3 is 0 Å². The Bertz CT molecular complexity index is 408. The first kappa shape index (κ1) is 15.3. The van der Waals surface area contributed by atoms with Crippen LogP contribution >= 0.6 is 0 Å². The molecule has 3 atom stereocenters. The fraction of sp³-hybridized carbons (Fsp3) is 0.647. The molecule has 3 heteroatoms. The number of aliphatic hydroxyl groups is 1. The van der Waals surface area contributed by atoms with E-state index >= 15 is 0 Å². The molecule has 1 fully saturated rings. The zero-order valence-corrected chi connectivity index (χ0v) is 12.7. The minimum atomic E-state index is -0.626. The Labute approximate surface area is 121 Å². The number of rotatable bonds is 5. The molecule has 1 aliphatic carbocycles. The van der Waals surface area contributed by atoms with Gasteiger partial charge in [0.25, 0.3) is 0 Å². The Morgan fingerprint density at radius 1 is 1.15 bits per heavy atom. The van der Waals surface area contributed by atoms with E-state index < -0.39 is 6.10 Å². The van der Waals surface area contributed by atoms with Crippen LogP contribution in [0.1, 0.15) is 44.8 Å². The molecule has 0 aromatic heterocycles. The third-order valence-electron chi connectivity index (χ3n) is 4.12. The van der Waals surface area contributed by atoms with Gasteiger partial charge in [0, 0.05) is 5.56 Å². The lowest BCUT2D eigenvalue weighted by Crippen LogP contribution is -2.27. The van der Waals surface area contributed by atoms with Gasteiger partial charge < -0.3 is 14.6 Å². The highest BCUT2D eigenvalue weighted by atomic mass is 16.5. The molecule has 0 saturated heterocycles. The van der Waals surface area contributed by atoms with E-state index in [-0.39, 0.29) is 6.10 Å². The van der Waals surface area contributed by atoms with Crippen LogP contribution in [0, 0.1) is 11.8 Å². The van der Waals surface area contributed by atoms with Gasteiger partial charge in [-0.2, -0.15) is 0 Å². The molecule has 0 amide bonds. The number of hydrogen-bond donors (Lipinski definition) is 1. The van der Waals surface area contributed by atoms with Gasteiger partial charge in [0.1, 0.15) is 11.9 Å². The molecule has 1 N–H and O–H groups in total. The van der Waals surface area contributed by atoms with Crippen LogP contribution in [-0.4, -0.2) is 24.9 Å². The lowest BCUT2D eigenvalue weighted by Gasteiger charge is -2.32. The van der Waals surface area contributed by atoms with Crippen molar-refractivity contribution >= 4 is 0 Å². The van der Waals surface area contributed by atoms with Gasteiger partial charge in [-0.25, -0.2) is 0 Å². The lowest BCUT2D eigenvalue weighted by atomic mass is 9.82. The highest BCUT2D eigenvalue weighted by molar-refractivity contribution is 5.34. The molecule has 3 unspecified atom stereocenters. The van der Waals surface area contributed by atoms with E-state index in [0.717, 1.165) is 18.4 Å². The van der Waals surface area contributed by atoms with E-state index in [9.17, 15) is 5.11 Å². The molecule has 0 spiro atoms. The van der Waals surface area contributed by atoms with Crippen LogP contribution in [0.2, 0.25) is 0 Å². The molecule has 0 aliphatic heterocycles. The summed E-state index contributed by atoms with van der Waals surface area (Å²) in [5.74, 6) is 2.15. The molecule has 112 valence electrons. The summed E-state index contributed by atoms with van der Waals surface area (Å²) in [5.41, 5.74) is 0.798. The zero-order chi connectivity index (χ0) is 14.5. The summed E-state index contributed by atoms with van der Waals surface area (Å²) in [4.78, 5) is 0. The number of benzene rings is 1. The molecule has 0 bridgehead atoms. The average molecular weight is 278 g/mol. The third-order valence-corrected chi connectivity index (χ3v) is 4.12. The number of aliphatic hydroxyl groups excluding tert-OH is 1. The second-order valence-electron chi connectivity index (χ2n) is 6.13. The van der Waals surface area contributed by atoms with E-state index in [0.29, 0.717) is 24.2 Å². The quantitative estimate of drug-likeness (QED) is 0.895. The van der Waals surface area contributed by atoms with E-state index in [1.807, 2.05) is 24.3 Å². The van der Waals surface area contributed by atoms with Crippen LogP contribution in [0.4, 0.5) is 0 Å². The monoisotopic (exact) mass is 278 g/mol. The van der Waals surface area contributed by atoms with Crippen LogP contribution in [0.15, 0.2) is 24.3 Å². The summed E-state index contributed by atoms with van der Waals surface area (Å²) in [5, 5.41) is 10.3.